The molecule has 0 bridgehead atoms. The van der Waals surface area contributed by atoms with E-state index in [9.17, 15) is 4.79 Å². The first-order valence-corrected chi connectivity index (χ1v) is 3.82. The van der Waals surface area contributed by atoms with Crippen molar-refractivity contribution in [1.29, 1.82) is 0 Å². The summed E-state index contributed by atoms with van der Waals surface area (Å²) in [5.41, 5.74) is 9.37. The number of fused-ring (bicyclic) bond motifs is 1. The van der Waals surface area contributed by atoms with E-state index in [1.807, 2.05) is 12.1 Å². The Kier molecular flexibility index (Phi) is 1.69. The molecular formula is C9H6N2O2. The second-order valence-corrected chi connectivity index (χ2v) is 2.72. The minimum absolute atomic E-state index is 0.0405. The molecule has 4 nitrogen and oxygen atoms in total. The number of ether oxygens (including phenoxy) is 1. The highest BCUT2D eigenvalue weighted by Gasteiger charge is 2.30. The number of para-hydroxylation sites is 1. The van der Waals surface area contributed by atoms with E-state index < -0.39 is 5.97 Å². The number of hydrogen-bond donors (Lipinski definition) is 0. The fourth-order valence-corrected chi connectivity index (χ4v) is 1.24. The fourth-order valence-electron chi connectivity index (χ4n) is 1.24. The molecule has 0 saturated carbocycles. The molecule has 0 unspecified atom stereocenters. The molecule has 2 rings (SSSR count). The van der Waals surface area contributed by atoms with Gasteiger partial charge in [-0.25, -0.2) is 4.79 Å². The van der Waals surface area contributed by atoms with Crippen molar-refractivity contribution >= 4 is 11.7 Å². The van der Waals surface area contributed by atoms with E-state index in [2.05, 4.69) is 4.79 Å². The van der Waals surface area contributed by atoms with Crippen LogP contribution in [0.25, 0.3) is 5.53 Å². The van der Waals surface area contributed by atoms with Crippen molar-refractivity contribution in [3.63, 3.8) is 0 Å². The highest BCUT2D eigenvalue weighted by Crippen LogP contribution is 2.22. The number of carbonyl (C=O) groups excluding carboxylic acids is 1. The molecule has 1 aliphatic heterocycles. The quantitative estimate of drug-likeness (QED) is 0.253. The van der Waals surface area contributed by atoms with E-state index in [-0.39, 0.29) is 5.71 Å². The predicted molar refractivity (Wildman–Crippen MR) is 44.4 cm³/mol. The number of nitrogens with zero attached hydrogens (tertiary/aromatic N) is 2. The van der Waals surface area contributed by atoms with E-state index in [0.717, 1.165) is 5.56 Å². The lowest BCUT2D eigenvalue weighted by molar-refractivity contribution is -0.132. The zero-order valence-corrected chi connectivity index (χ0v) is 6.73. The minimum Gasteiger partial charge on any atom is -0.418 e. The first kappa shape index (κ1) is 7.71. The first-order chi connectivity index (χ1) is 6.31. The first-order valence-electron chi connectivity index (χ1n) is 3.82. The second kappa shape index (κ2) is 2.84. The molecule has 1 aliphatic rings. The highest BCUT2D eigenvalue weighted by molar-refractivity contribution is 6.35. The molecule has 64 valence electrons. The van der Waals surface area contributed by atoms with Crippen LogP contribution in [0.5, 0.6) is 5.75 Å². The van der Waals surface area contributed by atoms with Gasteiger partial charge in [0.15, 0.2) is 0 Å². The molecule has 0 spiro atoms. The van der Waals surface area contributed by atoms with Gasteiger partial charge in [0, 0.05) is 5.56 Å². The Morgan fingerprint density at radius 3 is 2.92 bits per heavy atom. The van der Waals surface area contributed by atoms with Gasteiger partial charge in [-0.1, -0.05) is 18.2 Å². The molecule has 1 aromatic carbocycles. The van der Waals surface area contributed by atoms with Crippen molar-refractivity contribution in [3.8, 4) is 5.75 Å². The van der Waals surface area contributed by atoms with Crippen molar-refractivity contribution < 1.29 is 14.3 Å². The maximum atomic E-state index is 11.1. The smallest absolute Gasteiger partial charge is 0.418 e. The van der Waals surface area contributed by atoms with Gasteiger partial charge in [-0.2, -0.15) is 4.79 Å². The summed E-state index contributed by atoms with van der Waals surface area (Å²) >= 11 is 0. The molecule has 0 fully saturated rings. The predicted octanol–water partition coefficient (Wildman–Crippen LogP) is 0.819. The summed E-state index contributed by atoms with van der Waals surface area (Å²) < 4.78 is 4.91. The van der Waals surface area contributed by atoms with Gasteiger partial charge in [0.2, 0.25) is 0 Å². The van der Waals surface area contributed by atoms with Gasteiger partial charge in [-0.15, -0.1) is 0 Å². The molecule has 0 atom stereocenters. The van der Waals surface area contributed by atoms with Gasteiger partial charge in [0.25, 0.3) is 0 Å². The van der Waals surface area contributed by atoms with Crippen molar-refractivity contribution in [2.24, 2.45) is 0 Å². The van der Waals surface area contributed by atoms with Crippen LogP contribution in [0.2, 0.25) is 0 Å². The summed E-state index contributed by atoms with van der Waals surface area (Å²) in [6.45, 7) is 0. The van der Waals surface area contributed by atoms with Gasteiger partial charge < -0.3 is 10.3 Å². The molecule has 0 N–H and O–H groups in total. The molecule has 0 amide bonds. The van der Waals surface area contributed by atoms with E-state index in [1.165, 1.54) is 0 Å². The van der Waals surface area contributed by atoms with Crippen LogP contribution in [0.15, 0.2) is 24.3 Å². The number of carbonyl (C=O) groups is 1. The zero-order valence-electron chi connectivity index (χ0n) is 6.73. The molecule has 0 aromatic heterocycles. The Morgan fingerprint density at radius 2 is 2.15 bits per heavy atom. The van der Waals surface area contributed by atoms with Crippen LogP contribution in [0, 0.1) is 0 Å². The van der Waals surface area contributed by atoms with Crippen molar-refractivity contribution in [1.82, 2.24) is 0 Å². The highest BCUT2D eigenvalue weighted by atomic mass is 16.5. The van der Waals surface area contributed by atoms with Crippen LogP contribution in [-0.2, 0) is 11.2 Å². The van der Waals surface area contributed by atoms with E-state index >= 15 is 0 Å². The van der Waals surface area contributed by atoms with E-state index in [0.29, 0.717) is 12.2 Å². The lowest BCUT2D eigenvalue weighted by Crippen LogP contribution is -2.28. The number of hydrogen-bond acceptors (Lipinski definition) is 2. The van der Waals surface area contributed by atoms with Gasteiger partial charge in [0.1, 0.15) is 5.75 Å². The summed E-state index contributed by atoms with van der Waals surface area (Å²) in [5.74, 6) is -0.0406. The average Bonchev–Trinajstić information content (AvgIpc) is 2.17. The Labute approximate surface area is 74.4 Å². The lowest BCUT2D eigenvalue weighted by atomic mass is 10.1. The summed E-state index contributed by atoms with van der Waals surface area (Å²) in [6.07, 6.45) is 0.325. The molecular weight excluding hydrogens is 168 g/mol. The monoisotopic (exact) mass is 174 g/mol. The average molecular weight is 174 g/mol. The topological polar surface area (TPSA) is 62.7 Å². The standard InChI is InChI=1S/C9H6N2O2/c10-11-7-5-6-3-1-2-4-8(6)13-9(7)12/h1-4H,5H2. The summed E-state index contributed by atoms with van der Waals surface area (Å²) in [6, 6.07) is 7.16. The van der Waals surface area contributed by atoms with Crippen LogP contribution in [0.3, 0.4) is 0 Å². The number of rotatable bonds is 0. The third kappa shape index (κ3) is 1.23. The SMILES string of the molecule is [N-]=[N+]=C1Cc2ccccc2OC1=O. The maximum absolute atomic E-state index is 11.1. The number of benzene rings is 1. The summed E-state index contributed by atoms with van der Waals surface area (Å²) in [5, 5.41) is 0. The zero-order chi connectivity index (χ0) is 9.26. The van der Waals surface area contributed by atoms with E-state index in [4.69, 9.17) is 10.3 Å². The Hall–Kier alpha value is -1.93. The van der Waals surface area contributed by atoms with Crippen LogP contribution in [0.4, 0.5) is 0 Å². The molecule has 4 heteroatoms. The van der Waals surface area contributed by atoms with Crippen LogP contribution in [-0.4, -0.2) is 16.5 Å². The molecule has 0 radical (unpaired) electrons. The van der Waals surface area contributed by atoms with Crippen molar-refractivity contribution in [2.75, 3.05) is 0 Å². The molecule has 1 aromatic rings. The van der Waals surface area contributed by atoms with Gasteiger partial charge in [-0.3, -0.25) is 0 Å². The second-order valence-electron chi connectivity index (χ2n) is 2.72. The Bertz CT molecular complexity index is 419. The summed E-state index contributed by atoms with van der Waals surface area (Å²) in [4.78, 5) is 13.9. The molecule has 0 aliphatic carbocycles. The van der Waals surface area contributed by atoms with Crippen LogP contribution < -0.4 is 4.74 Å². The van der Waals surface area contributed by atoms with Crippen molar-refractivity contribution in [3.05, 3.63) is 35.4 Å². The fraction of sp³-hybridized carbons (Fsp3) is 0.111. The third-order valence-corrected chi connectivity index (χ3v) is 1.89. The van der Waals surface area contributed by atoms with Gasteiger partial charge >= 0.3 is 11.7 Å². The molecule has 0 saturated heterocycles. The Morgan fingerprint density at radius 1 is 1.38 bits per heavy atom. The van der Waals surface area contributed by atoms with Crippen molar-refractivity contribution in [2.45, 2.75) is 6.42 Å². The normalized spacial score (nSPS) is 14.5. The van der Waals surface area contributed by atoms with E-state index in [1.54, 1.807) is 12.1 Å². The Balaban J connectivity index is 2.50. The third-order valence-electron chi connectivity index (χ3n) is 1.89. The molecule has 13 heavy (non-hydrogen) atoms. The summed E-state index contributed by atoms with van der Waals surface area (Å²) in [7, 11) is 0. The maximum Gasteiger partial charge on any atom is 0.422 e. The van der Waals surface area contributed by atoms with Gasteiger partial charge in [-0.05, 0) is 6.07 Å². The lowest BCUT2D eigenvalue weighted by Gasteiger charge is -2.10. The minimum atomic E-state index is -0.582. The molecule has 1 heterocycles. The van der Waals surface area contributed by atoms with Gasteiger partial charge in [0.05, 0.1) is 6.42 Å². The number of esters is 1. The van der Waals surface area contributed by atoms with Crippen LogP contribution >= 0.6 is 0 Å². The largest absolute Gasteiger partial charge is 0.422 e. The van der Waals surface area contributed by atoms with Crippen LogP contribution in [0.1, 0.15) is 5.56 Å².